The number of carbonyl (C=O) groups excluding carboxylic acids is 1. The number of carboxylic acids is 1. The average Bonchev–Trinajstić information content (AvgIpc) is 2.43. The fourth-order valence-corrected chi connectivity index (χ4v) is 2.78. The van der Waals surface area contributed by atoms with E-state index in [9.17, 15) is 18.3 Å². The molecule has 7 heteroatoms. The maximum atomic E-state index is 11.3. The van der Waals surface area contributed by atoms with Gasteiger partial charge in [-0.3, -0.25) is 0 Å². The van der Waals surface area contributed by atoms with Crippen LogP contribution in [-0.4, -0.2) is 20.9 Å². The largest absolute Gasteiger partial charge is 1.00 e. The van der Waals surface area contributed by atoms with Gasteiger partial charge in [0.25, 0.3) is 0 Å². The van der Waals surface area contributed by atoms with E-state index in [1.54, 1.807) is 6.08 Å². The Kier molecular flexibility index (Phi) is 18.9. The molecular weight excluding hydrogens is 329 g/mol. The van der Waals surface area contributed by atoms with Crippen molar-refractivity contribution in [1.82, 2.24) is 4.72 Å². The van der Waals surface area contributed by atoms with E-state index in [0.29, 0.717) is 6.42 Å². The van der Waals surface area contributed by atoms with Crippen molar-refractivity contribution in [3.8, 4) is 0 Å². The minimum absolute atomic E-state index is 0. The number of nitrogens with one attached hydrogen (secondary N) is 1. The first-order valence-corrected chi connectivity index (χ1v) is 9.38. The van der Waals surface area contributed by atoms with Gasteiger partial charge in [-0.05, 0) is 12.8 Å². The van der Waals surface area contributed by atoms with Gasteiger partial charge in [0.1, 0.15) is 0 Å². The molecular formula is C15H28KNO4S. The SMILES string of the molecule is CCCCCCCCCCC/C=C/S(=O)(=O)NCC(=O)[O-].[K+]. The maximum Gasteiger partial charge on any atom is 1.00 e. The summed E-state index contributed by atoms with van der Waals surface area (Å²) in [5.74, 6) is -1.44. The van der Waals surface area contributed by atoms with E-state index in [2.05, 4.69) is 6.92 Å². The molecule has 0 heterocycles. The summed E-state index contributed by atoms with van der Waals surface area (Å²) in [5, 5.41) is 11.2. The summed E-state index contributed by atoms with van der Waals surface area (Å²) >= 11 is 0. The van der Waals surface area contributed by atoms with Crippen LogP contribution >= 0.6 is 0 Å². The van der Waals surface area contributed by atoms with Crippen LogP contribution in [0.5, 0.6) is 0 Å². The second kappa shape index (κ2) is 16.6. The number of unbranched alkanes of at least 4 members (excludes halogenated alkanes) is 9. The quantitative estimate of drug-likeness (QED) is 0.322. The van der Waals surface area contributed by atoms with Crippen LogP contribution in [-0.2, 0) is 14.8 Å². The molecule has 0 rings (SSSR count). The van der Waals surface area contributed by atoms with E-state index in [0.717, 1.165) is 18.2 Å². The monoisotopic (exact) mass is 357 g/mol. The van der Waals surface area contributed by atoms with Crippen LogP contribution in [0.1, 0.15) is 71.1 Å². The van der Waals surface area contributed by atoms with Crippen molar-refractivity contribution in [2.45, 2.75) is 71.1 Å². The van der Waals surface area contributed by atoms with Crippen LogP contribution in [0.3, 0.4) is 0 Å². The summed E-state index contributed by atoms with van der Waals surface area (Å²) in [6.45, 7) is 1.52. The molecule has 1 N–H and O–H groups in total. The number of carbonyl (C=O) groups is 1. The molecule has 22 heavy (non-hydrogen) atoms. The zero-order valence-corrected chi connectivity index (χ0v) is 17.9. The number of allylic oxidation sites excluding steroid dienone is 1. The Balaban J connectivity index is 0. The summed E-state index contributed by atoms with van der Waals surface area (Å²) in [6.07, 6.45) is 13.3. The minimum Gasteiger partial charge on any atom is -0.549 e. The van der Waals surface area contributed by atoms with Crippen molar-refractivity contribution in [1.29, 1.82) is 0 Å². The number of hydrogen-bond donors (Lipinski definition) is 1. The first-order valence-electron chi connectivity index (χ1n) is 7.84. The van der Waals surface area contributed by atoms with Gasteiger partial charge < -0.3 is 9.90 Å². The predicted octanol–water partition coefficient (Wildman–Crippen LogP) is -0.906. The molecule has 0 fully saturated rings. The topological polar surface area (TPSA) is 86.3 Å². The van der Waals surface area contributed by atoms with Crippen molar-refractivity contribution in [2.24, 2.45) is 0 Å². The van der Waals surface area contributed by atoms with Gasteiger partial charge in [0.05, 0.1) is 12.5 Å². The molecule has 0 unspecified atom stereocenters. The summed E-state index contributed by atoms with van der Waals surface area (Å²) in [5.41, 5.74) is 0. The summed E-state index contributed by atoms with van der Waals surface area (Å²) in [7, 11) is -3.64. The number of rotatable bonds is 14. The first-order chi connectivity index (χ1) is 9.98. The molecule has 0 aromatic heterocycles. The van der Waals surface area contributed by atoms with Crippen molar-refractivity contribution in [3.05, 3.63) is 11.5 Å². The molecule has 0 saturated heterocycles. The van der Waals surface area contributed by atoms with Gasteiger partial charge in [0.2, 0.25) is 10.0 Å². The van der Waals surface area contributed by atoms with E-state index in [4.69, 9.17) is 0 Å². The number of carboxylic acid groups (broad SMARTS) is 1. The molecule has 5 nitrogen and oxygen atoms in total. The standard InChI is InChI=1S/C15H29NO4S.K/c1-2-3-4-5-6-7-8-9-10-11-12-13-21(19,20)16-14-15(17)18;/h12-13,16H,2-11,14H2,1H3,(H,17,18);/q;+1/p-1/b13-12+;. The molecule has 0 aromatic carbocycles. The second-order valence-corrected chi connectivity index (χ2v) is 6.88. The second-order valence-electron chi connectivity index (χ2n) is 5.23. The first kappa shape index (κ1) is 25.0. The Bertz CT molecular complexity index is 396. The molecule has 0 amide bonds. The molecule has 0 bridgehead atoms. The molecule has 0 saturated carbocycles. The van der Waals surface area contributed by atoms with Crippen molar-refractivity contribution in [2.75, 3.05) is 6.54 Å². The predicted molar refractivity (Wildman–Crippen MR) is 82.9 cm³/mol. The summed E-state index contributed by atoms with van der Waals surface area (Å²) in [4.78, 5) is 10.1. The van der Waals surface area contributed by atoms with Gasteiger partial charge >= 0.3 is 51.4 Å². The van der Waals surface area contributed by atoms with Gasteiger partial charge in [-0.2, -0.15) is 0 Å². The molecule has 124 valence electrons. The molecule has 0 aliphatic rings. The van der Waals surface area contributed by atoms with Gasteiger partial charge in [0.15, 0.2) is 0 Å². The van der Waals surface area contributed by atoms with E-state index in [-0.39, 0.29) is 51.4 Å². The number of hydrogen-bond acceptors (Lipinski definition) is 4. The fourth-order valence-electron chi connectivity index (χ4n) is 1.98. The van der Waals surface area contributed by atoms with Crippen molar-refractivity contribution < 1.29 is 69.7 Å². The van der Waals surface area contributed by atoms with Crippen molar-refractivity contribution >= 4 is 16.0 Å². The third-order valence-electron chi connectivity index (χ3n) is 3.17. The Morgan fingerprint density at radius 2 is 1.50 bits per heavy atom. The van der Waals surface area contributed by atoms with Gasteiger partial charge in [-0.1, -0.05) is 64.4 Å². The molecule has 0 atom stereocenters. The van der Waals surface area contributed by atoms with Crippen LogP contribution in [0, 0.1) is 0 Å². The van der Waals surface area contributed by atoms with E-state index in [1.807, 2.05) is 4.72 Å². The third-order valence-corrected chi connectivity index (χ3v) is 4.26. The number of sulfonamides is 1. The van der Waals surface area contributed by atoms with Crippen LogP contribution in [0.15, 0.2) is 11.5 Å². The molecule has 0 radical (unpaired) electrons. The molecule has 0 aromatic rings. The van der Waals surface area contributed by atoms with E-state index in [1.165, 1.54) is 44.9 Å². The Morgan fingerprint density at radius 3 is 2.00 bits per heavy atom. The van der Waals surface area contributed by atoms with Crippen LogP contribution < -0.4 is 61.2 Å². The Labute approximate surface area is 177 Å². The maximum absolute atomic E-state index is 11.3. The zero-order valence-electron chi connectivity index (χ0n) is 14.0. The smallest absolute Gasteiger partial charge is 0.549 e. The fraction of sp³-hybridized carbons (Fsp3) is 0.800. The van der Waals surface area contributed by atoms with E-state index < -0.39 is 22.5 Å². The van der Waals surface area contributed by atoms with Crippen molar-refractivity contribution in [3.63, 3.8) is 0 Å². The summed E-state index contributed by atoms with van der Waals surface area (Å²) < 4.78 is 24.5. The third kappa shape index (κ3) is 18.8. The van der Waals surface area contributed by atoms with Gasteiger partial charge in [-0.15, -0.1) is 0 Å². The average molecular weight is 358 g/mol. The zero-order chi connectivity index (χ0) is 16.0. The molecule has 0 spiro atoms. The minimum atomic E-state index is -3.64. The van der Waals surface area contributed by atoms with Crippen LogP contribution in [0.4, 0.5) is 0 Å². The van der Waals surface area contributed by atoms with Gasteiger partial charge in [-0.25, -0.2) is 13.1 Å². The van der Waals surface area contributed by atoms with Gasteiger partial charge in [0, 0.05) is 5.41 Å². The van der Waals surface area contributed by atoms with Crippen LogP contribution in [0.2, 0.25) is 0 Å². The number of aliphatic carboxylic acids is 1. The van der Waals surface area contributed by atoms with E-state index >= 15 is 0 Å². The molecule has 0 aliphatic heterocycles. The summed E-state index contributed by atoms with van der Waals surface area (Å²) in [6, 6.07) is 0. The Morgan fingerprint density at radius 1 is 1.00 bits per heavy atom. The Hall–Kier alpha value is 0.756. The normalized spacial score (nSPS) is 11.5. The van der Waals surface area contributed by atoms with Crippen LogP contribution in [0.25, 0.3) is 0 Å². The molecule has 0 aliphatic carbocycles.